The summed E-state index contributed by atoms with van der Waals surface area (Å²) in [5, 5.41) is 6.66. The number of carbonyl (C=O) groups is 1. The molecule has 24 heavy (non-hydrogen) atoms. The third kappa shape index (κ3) is 2.92. The van der Waals surface area contributed by atoms with Gasteiger partial charge in [-0.2, -0.15) is 9.40 Å². The van der Waals surface area contributed by atoms with Crippen LogP contribution in [-0.4, -0.2) is 64.9 Å². The van der Waals surface area contributed by atoms with E-state index in [1.807, 2.05) is 0 Å². The van der Waals surface area contributed by atoms with Gasteiger partial charge in [-0.25, -0.2) is 8.42 Å². The van der Waals surface area contributed by atoms with Crippen molar-refractivity contribution in [2.24, 2.45) is 0 Å². The summed E-state index contributed by atoms with van der Waals surface area (Å²) in [5.41, 5.74) is 1.50. The Morgan fingerprint density at radius 2 is 1.92 bits per heavy atom. The Balaban J connectivity index is 1.72. The Morgan fingerprint density at radius 1 is 1.21 bits per heavy atom. The molecule has 1 fully saturated rings. The highest BCUT2D eigenvalue weighted by atomic mass is 32.2. The Bertz CT molecular complexity index is 820. The molecule has 0 saturated carbocycles. The molecule has 0 unspecified atom stereocenters. The Morgan fingerprint density at radius 3 is 2.46 bits per heavy atom. The van der Waals surface area contributed by atoms with E-state index in [-0.39, 0.29) is 23.9 Å². The first-order valence-corrected chi connectivity index (χ1v) is 9.06. The number of sulfonamides is 1. The summed E-state index contributed by atoms with van der Waals surface area (Å²) >= 11 is 0. The normalized spacial score (nSPS) is 16.3. The molecule has 9 heteroatoms. The van der Waals surface area contributed by atoms with Gasteiger partial charge in [-0.3, -0.25) is 14.9 Å². The lowest BCUT2D eigenvalue weighted by molar-refractivity contribution is 0.0697. The number of nitrogens with zero attached hydrogens (tertiary/aromatic N) is 4. The van der Waals surface area contributed by atoms with Gasteiger partial charge >= 0.3 is 0 Å². The number of carbonyl (C=O) groups excluding carboxylic acids is 1. The van der Waals surface area contributed by atoms with Gasteiger partial charge in [0.1, 0.15) is 4.90 Å². The fourth-order valence-electron chi connectivity index (χ4n) is 2.85. The van der Waals surface area contributed by atoms with Gasteiger partial charge in [0.2, 0.25) is 10.0 Å². The molecule has 1 aliphatic heterocycles. The third-order valence-corrected chi connectivity index (χ3v) is 6.26. The highest BCUT2D eigenvalue weighted by Crippen LogP contribution is 2.23. The lowest BCUT2D eigenvalue weighted by Crippen LogP contribution is -2.50. The predicted molar refractivity (Wildman–Crippen MR) is 87.0 cm³/mol. The van der Waals surface area contributed by atoms with E-state index in [4.69, 9.17) is 0 Å². The molecule has 0 spiro atoms. The van der Waals surface area contributed by atoms with Crippen molar-refractivity contribution in [2.45, 2.75) is 18.7 Å². The number of pyridine rings is 1. The molecule has 2 aromatic heterocycles. The molecule has 1 saturated heterocycles. The van der Waals surface area contributed by atoms with Crippen LogP contribution in [0.15, 0.2) is 29.4 Å². The summed E-state index contributed by atoms with van der Waals surface area (Å²) in [6.45, 7) is 4.58. The smallest absolute Gasteiger partial charge is 0.255 e. The molecule has 2 aromatic rings. The average molecular weight is 349 g/mol. The summed E-state index contributed by atoms with van der Waals surface area (Å²) in [6, 6.07) is 3.41. The van der Waals surface area contributed by atoms with E-state index in [0.717, 1.165) is 0 Å². The molecule has 0 radical (unpaired) electrons. The molecular weight excluding hydrogens is 330 g/mol. The summed E-state index contributed by atoms with van der Waals surface area (Å²) in [7, 11) is -3.60. The van der Waals surface area contributed by atoms with Crippen LogP contribution < -0.4 is 0 Å². The zero-order chi connectivity index (χ0) is 17.3. The van der Waals surface area contributed by atoms with Gasteiger partial charge < -0.3 is 4.90 Å². The van der Waals surface area contributed by atoms with E-state index in [1.165, 1.54) is 10.5 Å². The number of piperazine rings is 1. The van der Waals surface area contributed by atoms with Crippen molar-refractivity contribution in [1.82, 2.24) is 24.4 Å². The van der Waals surface area contributed by atoms with E-state index in [0.29, 0.717) is 30.0 Å². The van der Waals surface area contributed by atoms with Gasteiger partial charge in [0.25, 0.3) is 5.91 Å². The molecule has 1 N–H and O–H groups in total. The molecule has 8 nitrogen and oxygen atoms in total. The summed E-state index contributed by atoms with van der Waals surface area (Å²) < 4.78 is 27.0. The van der Waals surface area contributed by atoms with Crippen LogP contribution in [0.3, 0.4) is 0 Å². The number of aromatic amines is 1. The van der Waals surface area contributed by atoms with E-state index in [9.17, 15) is 13.2 Å². The maximum atomic E-state index is 12.8. The number of amides is 1. The van der Waals surface area contributed by atoms with Crippen molar-refractivity contribution in [3.8, 4) is 0 Å². The summed E-state index contributed by atoms with van der Waals surface area (Å²) in [6.07, 6.45) is 3.13. The van der Waals surface area contributed by atoms with Crippen LogP contribution in [0.1, 0.15) is 21.7 Å². The van der Waals surface area contributed by atoms with Crippen LogP contribution in [0.4, 0.5) is 0 Å². The minimum absolute atomic E-state index is 0.129. The van der Waals surface area contributed by atoms with Crippen molar-refractivity contribution in [1.29, 1.82) is 0 Å². The lowest BCUT2D eigenvalue weighted by Gasteiger charge is -2.34. The van der Waals surface area contributed by atoms with Gasteiger partial charge in [-0.1, -0.05) is 0 Å². The maximum Gasteiger partial charge on any atom is 0.255 e. The fourth-order valence-corrected chi connectivity index (χ4v) is 4.61. The molecule has 1 amide bonds. The minimum atomic E-state index is -3.60. The largest absolute Gasteiger partial charge is 0.336 e. The number of H-pyrrole nitrogens is 1. The van der Waals surface area contributed by atoms with Crippen molar-refractivity contribution < 1.29 is 13.2 Å². The Kier molecular flexibility index (Phi) is 4.37. The quantitative estimate of drug-likeness (QED) is 0.873. The van der Waals surface area contributed by atoms with Crippen LogP contribution in [0.5, 0.6) is 0 Å². The van der Waals surface area contributed by atoms with E-state index in [2.05, 4.69) is 15.2 Å². The Hall–Kier alpha value is -2.26. The van der Waals surface area contributed by atoms with Crippen molar-refractivity contribution >= 4 is 15.9 Å². The SMILES string of the molecule is Cc1n[nH]c(C)c1S(=O)(=O)N1CCN(C(=O)c2cccnc2)CC1. The van der Waals surface area contributed by atoms with Gasteiger partial charge in [0, 0.05) is 38.6 Å². The van der Waals surface area contributed by atoms with Crippen LogP contribution in [-0.2, 0) is 10.0 Å². The van der Waals surface area contributed by atoms with E-state index < -0.39 is 10.0 Å². The summed E-state index contributed by atoms with van der Waals surface area (Å²) in [5.74, 6) is -0.129. The van der Waals surface area contributed by atoms with Crippen molar-refractivity contribution in [2.75, 3.05) is 26.2 Å². The average Bonchev–Trinajstić information content (AvgIpc) is 2.94. The second-order valence-corrected chi connectivity index (χ2v) is 7.58. The number of hydrogen-bond acceptors (Lipinski definition) is 5. The number of aromatic nitrogens is 3. The highest BCUT2D eigenvalue weighted by molar-refractivity contribution is 7.89. The van der Waals surface area contributed by atoms with Crippen molar-refractivity contribution in [3.63, 3.8) is 0 Å². The van der Waals surface area contributed by atoms with E-state index >= 15 is 0 Å². The minimum Gasteiger partial charge on any atom is -0.336 e. The number of hydrogen-bond donors (Lipinski definition) is 1. The molecule has 0 aromatic carbocycles. The third-order valence-electron chi connectivity index (χ3n) is 4.09. The first kappa shape index (κ1) is 16.6. The maximum absolute atomic E-state index is 12.8. The van der Waals surface area contributed by atoms with Crippen LogP contribution in [0, 0.1) is 13.8 Å². The number of aryl methyl sites for hydroxylation is 2. The first-order valence-electron chi connectivity index (χ1n) is 7.62. The van der Waals surface area contributed by atoms with Crippen LogP contribution >= 0.6 is 0 Å². The Labute approximate surface area is 140 Å². The molecule has 3 heterocycles. The lowest BCUT2D eigenvalue weighted by atomic mass is 10.2. The van der Waals surface area contributed by atoms with Crippen LogP contribution in [0.2, 0.25) is 0 Å². The standard InChI is InChI=1S/C15H19N5O3S/c1-11-14(12(2)18-17-11)24(22,23)20-8-6-19(7-9-20)15(21)13-4-3-5-16-10-13/h3-5,10H,6-9H2,1-2H3,(H,17,18). The monoisotopic (exact) mass is 349 g/mol. The first-order chi connectivity index (χ1) is 11.4. The zero-order valence-electron chi connectivity index (χ0n) is 13.6. The van der Waals surface area contributed by atoms with E-state index in [1.54, 1.807) is 37.1 Å². The van der Waals surface area contributed by atoms with Crippen molar-refractivity contribution in [3.05, 3.63) is 41.5 Å². The number of nitrogens with one attached hydrogen (secondary N) is 1. The molecule has 128 valence electrons. The summed E-state index contributed by atoms with van der Waals surface area (Å²) in [4.78, 5) is 18.2. The zero-order valence-corrected chi connectivity index (χ0v) is 14.4. The molecule has 3 rings (SSSR count). The van der Waals surface area contributed by atoms with Gasteiger partial charge in [0.15, 0.2) is 0 Å². The van der Waals surface area contributed by atoms with Gasteiger partial charge in [0.05, 0.1) is 17.0 Å². The van der Waals surface area contributed by atoms with Crippen LogP contribution in [0.25, 0.3) is 0 Å². The van der Waals surface area contributed by atoms with Gasteiger partial charge in [-0.15, -0.1) is 0 Å². The topological polar surface area (TPSA) is 99.3 Å². The predicted octanol–water partition coefficient (Wildman–Crippen LogP) is 0.568. The second kappa shape index (κ2) is 6.33. The second-order valence-electron chi connectivity index (χ2n) is 5.70. The molecule has 0 atom stereocenters. The van der Waals surface area contributed by atoms with Gasteiger partial charge in [-0.05, 0) is 26.0 Å². The highest BCUT2D eigenvalue weighted by Gasteiger charge is 2.33. The molecule has 0 bridgehead atoms. The fraction of sp³-hybridized carbons (Fsp3) is 0.400. The number of rotatable bonds is 3. The molecule has 1 aliphatic rings. The molecular formula is C15H19N5O3S. The molecule has 0 aliphatic carbocycles.